The number of allylic oxidation sites excluding steroid dienone is 2. The van der Waals surface area contributed by atoms with Crippen LogP contribution in [-0.4, -0.2) is 5.78 Å². The van der Waals surface area contributed by atoms with E-state index in [1.165, 1.54) is 31.3 Å². The first-order chi connectivity index (χ1) is 6.36. The van der Waals surface area contributed by atoms with Gasteiger partial charge in [-0.1, -0.05) is 25.8 Å². The summed E-state index contributed by atoms with van der Waals surface area (Å²) < 4.78 is 0. The molecule has 1 atom stereocenters. The monoisotopic (exact) mass is 180 g/mol. The average molecular weight is 180 g/mol. The van der Waals surface area contributed by atoms with Crippen LogP contribution in [0.5, 0.6) is 0 Å². The molecule has 0 bridgehead atoms. The highest BCUT2D eigenvalue weighted by atomic mass is 16.1. The third-order valence-electron chi connectivity index (χ3n) is 2.88. The van der Waals surface area contributed by atoms with Crippen LogP contribution in [0.3, 0.4) is 0 Å². The van der Waals surface area contributed by atoms with Crippen molar-refractivity contribution in [3.8, 4) is 0 Å². The average Bonchev–Trinajstić information content (AvgIpc) is 2.21. The minimum atomic E-state index is 0.359. The minimum Gasteiger partial charge on any atom is -0.295 e. The quantitative estimate of drug-likeness (QED) is 0.557. The van der Waals surface area contributed by atoms with E-state index < -0.39 is 0 Å². The first kappa shape index (κ1) is 10.5. The molecule has 13 heavy (non-hydrogen) atoms. The molecule has 2 aliphatic rings. The van der Waals surface area contributed by atoms with E-state index in [1.807, 2.05) is 19.9 Å². The van der Waals surface area contributed by atoms with Crippen molar-refractivity contribution in [2.24, 2.45) is 5.92 Å². The number of fused-ring (bicyclic) bond motifs is 1. The SMILES string of the molecule is CC.O=C1C=C2CCCCC2CC1. The van der Waals surface area contributed by atoms with E-state index >= 15 is 0 Å². The van der Waals surface area contributed by atoms with Crippen molar-refractivity contribution in [3.05, 3.63) is 11.6 Å². The summed E-state index contributed by atoms with van der Waals surface area (Å²) in [5, 5.41) is 0. The maximum atomic E-state index is 11.0. The van der Waals surface area contributed by atoms with E-state index in [0.717, 1.165) is 18.8 Å². The second-order valence-corrected chi connectivity index (χ2v) is 3.67. The maximum Gasteiger partial charge on any atom is 0.155 e. The lowest BCUT2D eigenvalue weighted by Crippen LogP contribution is -2.17. The van der Waals surface area contributed by atoms with E-state index in [2.05, 4.69) is 0 Å². The van der Waals surface area contributed by atoms with Gasteiger partial charge in [-0.2, -0.15) is 0 Å². The van der Waals surface area contributed by atoms with Crippen LogP contribution in [0.2, 0.25) is 0 Å². The van der Waals surface area contributed by atoms with Crippen LogP contribution >= 0.6 is 0 Å². The lowest BCUT2D eigenvalue weighted by molar-refractivity contribution is -0.115. The molecule has 0 aromatic carbocycles. The molecule has 2 aliphatic carbocycles. The van der Waals surface area contributed by atoms with Crippen LogP contribution in [0, 0.1) is 5.92 Å². The van der Waals surface area contributed by atoms with E-state index in [4.69, 9.17) is 0 Å². The van der Waals surface area contributed by atoms with Crippen molar-refractivity contribution in [2.45, 2.75) is 52.4 Å². The van der Waals surface area contributed by atoms with Gasteiger partial charge in [-0.25, -0.2) is 0 Å². The third-order valence-corrected chi connectivity index (χ3v) is 2.88. The Morgan fingerprint density at radius 3 is 2.69 bits per heavy atom. The van der Waals surface area contributed by atoms with Gasteiger partial charge in [0.2, 0.25) is 0 Å². The zero-order chi connectivity index (χ0) is 9.68. The number of hydrogen-bond acceptors (Lipinski definition) is 1. The van der Waals surface area contributed by atoms with Crippen LogP contribution in [0.1, 0.15) is 52.4 Å². The van der Waals surface area contributed by atoms with Crippen molar-refractivity contribution < 1.29 is 4.79 Å². The smallest absolute Gasteiger partial charge is 0.155 e. The Kier molecular flexibility index (Phi) is 4.20. The summed E-state index contributed by atoms with van der Waals surface area (Å²) >= 11 is 0. The van der Waals surface area contributed by atoms with E-state index in [-0.39, 0.29) is 0 Å². The van der Waals surface area contributed by atoms with Gasteiger partial charge in [0.25, 0.3) is 0 Å². The van der Waals surface area contributed by atoms with Gasteiger partial charge in [-0.15, -0.1) is 0 Å². The number of carbonyl (C=O) groups excluding carboxylic acids is 1. The summed E-state index contributed by atoms with van der Waals surface area (Å²) in [7, 11) is 0. The van der Waals surface area contributed by atoms with Gasteiger partial charge in [0, 0.05) is 6.42 Å². The molecule has 0 radical (unpaired) electrons. The Bertz CT molecular complexity index is 203. The maximum absolute atomic E-state index is 11.0. The Morgan fingerprint density at radius 1 is 1.15 bits per heavy atom. The van der Waals surface area contributed by atoms with E-state index in [9.17, 15) is 4.79 Å². The molecule has 74 valence electrons. The highest BCUT2D eigenvalue weighted by molar-refractivity contribution is 5.91. The molecule has 0 saturated heterocycles. The lowest BCUT2D eigenvalue weighted by atomic mass is 9.77. The molecule has 1 nitrogen and oxygen atoms in total. The fourth-order valence-electron chi connectivity index (χ4n) is 2.22. The standard InChI is InChI=1S/C10H14O.C2H6/c11-10-6-5-8-3-1-2-4-9(8)7-10;1-2/h7-8H,1-6H2;1-2H3. The van der Waals surface area contributed by atoms with Gasteiger partial charge in [0.05, 0.1) is 0 Å². The highest BCUT2D eigenvalue weighted by Gasteiger charge is 2.23. The zero-order valence-electron chi connectivity index (χ0n) is 8.81. The number of carbonyl (C=O) groups is 1. The number of hydrogen-bond donors (Lipinski definition) is 0. The molecule has 1 unspecified atom stereocenters. The summed E-state index contributed by atoms with van der Waals surface area (Å²) in [6.45, 7) is 4.00. The molecular formula is C12H20O. The molecule has 0 heterocycles. The fraction of sp³-hybridized carbons (Fsp3) is 0.750. The Labute approximate surface area is 81.2 Å². The molecular weight excluding hydrogens is 160 g/mol. The van der Waals surface area contributed by atoms with E-state index in [0.29, 0.717) is 5.78 Å². The van der Waals surface area contributed by atoms with Crippen LogP contribution in [0.4, 0.5) is 0 Å². The van der Waals surface area contributed by atoms with Crippen LogP contribution in [0.25, 0.3) is 0 Å². The molecule has 0 N–H and O–H groups in total. The normalized spacial score (nSPS) is 26.8. The highest BCUT2D eigenvalue weighted by Crippen LogP contribution is 2.35. The van der Waals surface area contributed by atoms with Gasteiger partial charge < -0.3 is 0 Å². The topological polar surface area (TPSA) is 17.1 Å². The van der Waals surface area contributed by atoms with Crippen molar-refractivity contribution in [1.29, 1.82) is 0 Å². The summed E-state index contributed by atoms with van der Waals surface area (Å²) in [5.74, 6) is 1.14. The second-order valence-electron chi connectivity index (χ2n) is 3.67. The molecule has 1 saturated carbocycles. The van der Waals surface area contributed by atoms with Gasteiger partial charge in [-0.05, 0) is 37.7 Å². The summed E-state index contributed by atoms with van der Waals surface area (Å²) in [6.07, 6.45) is 9.04. The molecule has 1 heteroatoms. The molecule has 0 aliphatic heterocycles. The van der Waals surface area contributed by atoms with Crippen LogP contribution in [-0.2, 0) is 4.79 Å². The summed E-state index contributed by atoms with van der Waals surface area (Å²) in [4.78, 5) is 11.0. The lowest BCUT2D eigenvalue weighted by Gasteiger charge is -2.27. The van der Waals surface area contributed by atoms with Crippen LogP contribution < -0.4 is 0 Å². The fourth-order valence-corrected chi connectivity index (χ4v) is 2.22. The van der Waals surface area contributed by atoms with Crippen molar-refractivity contribution in [2.75, 3.05) is 0 Å². The predicted octanol–water partition coefficient (Wildman–Crippen LogP) is 3.49. The molecule has 0 aromatic heterocycles. The van der Waals surface area contributed by atoms with Crippen molar-refractivity contribution in [3.63, 3.8) is 0 Å². The number of ketones is 1. The molecule has 0 amide bonds. The van der Waals surface area contributed by atoms with Gasteiger partial charge in [0.1, 0.15) is 0 Å². The molecule has 1 fully saturated rings. The predicted molar refractivity (Wildman–Crippen MR) is 55.6 cm³/mol. The number of rotatable bonds is 0. The molecule has 0 spiro atoms. The van der Waals surface area contributed by atoms with E-state index in [1.54, 1.807) is 0 Å². The van der Waals surface area contributed by atoms with Crippen LogP contribution in [0.15, 0.2) is 11.6 Å². The van der Waals surface area contributed by atoms with Crippen molar-refractivity contribution in [1.82, 2.24) is 0 Å². The third kappa shape index (κ3) is 2.68. The second kappa shape index (κ2) is 5.21. The van der Waals surface area contributed by atoms with Crippen molar-refractivity contribution >= 4 is 5.78 Å². The summed E-state index contributed by atoms with van der Waals surface area (Å²) in [6, 6.07) is 0. The Balaban J connectivity index is 0.000000396. The summed E-state index contributed by atoms with van der Waals surface area (Å²) in [5.41, 5.74) is 1.45. The zero-order valence-corrected chi connectivity index (χ0v) is 8.81. The Hall–Kier alpha value is -0.590. The largest absolute Gasteiger partial charge is 0.295 e. The van der Waals surface area contributed by atoms with Gasteiger partial charge in [-0.3, -0.25) is 4.79 Å². The first-order valence-electron chi connectivity index (χ1n) is 5.59. The van der Waals surface area contributed by atoms with Gasteiger partial charge in [0.15, 0.2) is 5.78 Å². The first-order valence-corrected chi connectivity index (χ1v) is 5.59. The molecule has 2 rings (SSSR count). The van der Waals surface area contributed by atoms with Gasteiger partial charge >= 0.3 is 0 Å². The molecule has 0 aromatic rings. The minimum absolute atomic E-state index is 0.359. The Morgan fingerprint density at radius 2 is 1.92 bits per heavy atom.